The van der Waals surface area contributed by atoms with Crippen LogP contribution in [0.4, 0.5) is 0 Å². The predicted octanol–water partition coefficient (Wildman–Crippen LogP) is 1.61. The summed E-state index contributed by atoms with van der Waals surface area (Å²) in [5.41, 5.74) is 1.74. The smallest absolute Gasteiger partial charge is 0.282 e. The second-order valence-electron chi connectivity index (χ2n) is 5.54. The Balaban J connectivity index is 1.97. The van der Waals surface area contributed by atoms with Crippen molar-refractivity contribution in [3.8, 4) is 0 Å². The summed E-state index contributed by atoms with van der Waals surface area (Å²) in [6, 6.07) is 4.42. The normalized spacial score (nSPS) is 24.4. The minimum atomic E-state index is -4.24. The summed E-state index contributed by atoms with van der Waals surface area (Å²) >= 11 is 0. The van der Waals surface area contributed by atoms with Crippen molar-refractivity contribution < 1.29 is 25.9 Å². The summed E-state index contributed by atoms with van der Waals surface area (Å²) in [6.07, 6.45) is 5.73. The molecule has 2 atom stereocenters. The highest BCUT2D eigenvalue weighted by Gasteiger charge is 2.30. The average Bonchev–Trinajstić information content (AvgIpc) is 2.41. The first kappa shape index (κ1) is 15.4. The molecule has 8 heteroatoms. The largest absolute Gasteiger partial charge is 0.294 e. The minimum absolute atomic E-state index is 0.0367. The maximum absolute atomic E-state index is 11.2. The number of allylic oxidation sites excluding steroid dienone is 3. The monoisotopic (exact) mass is 342 g/mol. The lowest BCUT2D eigenvalue weighted by Crippen LogP contribution is -2.25. The van der Waals surface area contributed by atoms with Crippen molar-refractivity contribution in [2.24, 2.45) is 11.8 Å². The van der Waals surface area contributed by atoms with E-state index >= 15 is 0 Å². The number of hydrogen-bond donors (Lipinski definition) is 2. The number of benzene rings is 1. The number of hydrogen-bond acceptors (Lipinski definition) is 4. The van der Waals surface area contributed by atoms with Crippen molar-refractivity contribution in [1.29, 1.82) is 0 Å². The van der Waals surface area contributed by atoms with Gasteiger partial charge in [-0.1, -0.05) is 18.2 Å². The van der Waals surface area contributed by atoms with Crippen molar-refractivity contribution in [3.63, 3.8) is 0 Å². The second kappa shape index (κ2) is 5.02. The third-order valence-electron chi connectivity index (χ3n) is 4.12. The van der Waals surface area contributed by atoms with Crippen LogP contribution in [0.15, 0.2) is 46.2 Å². The molecule has 1 aromatic carbocycles. The zero-order chi connectivity index (χ0) is 16.1. The Morgan fingerprint density at radius 2 is 1.59 bits per heavy atom. The van der Waals surface area contributed by atoms with Gasteiger partial charge in [-0.15, -0.1) is 0 Å². The lowest BCUT2D eigenvalue weighted by atomic mass is 9.74. The molecule has 0 radical (unpaired) electrons. The molecular formula is C14H14O6S2. The Morgan fingerprint density at radius 3 is 2.23 bits per heavy atom. The topological polar surface area (TPSA) is 109 Å². The zero-order valence-electron chi connectivity index (χ0n) is 11.4. The highest BCUT2D eigenvalue weighted by Crippen LogP contribution is 2.36. The van der Waals surface area contributed by atoms with Crippen LogP contribution in [-0.4, -0.2) is 25.9 Å². The van der Waals surface area contributed by atoms with E-state index in [-0.39, 0.29) is 21.6 Å². The van der Waals surface area contributed by atoms with Gasteiger partial charge in [0.1, 0.15) is 0 Å². The summed E-state index contributed by atoms with van der Waals surface area (Å²) < 4.78 is 63.0. The summed E-state index contributed by atoms with van der Waals surface area (Å²) in [7, 11) is -8.45. The summed E-state index contributed by atoms with van der Waals surface area (Å²) in [6.45, 7) is 0. The van der Waals surface area contributed by atoms with Crippen LogP contribution in [0.1, 0.15) is 11.1 Å². The van der Waals surface area contributed by atoms with Gasteiger partial charge in [-0.3, -0.25) is 9.11 Å². The van der Waals surface area contributed by atoms with Crippen LogP contribution in [0.2, 0.25) is 0 Å². The van der Waals surface area contributed by atoms with E-state index in [0.29, 0.717) is 12.8 Å². The molecule has 0 heterocycles. The maximum Gasteiger partial charge on any atom is 0.294 e. The molecule has 0 aliphatic heterocycles. The minimum Gasteiger partial charge on any atom is -0.282 e. The molecule has 2 aliphatic carbocycles. The standard InChI is InChI=1S/C14H14O6S2/c15-21(16,17)13-3-1-9-5-12-8-14(22(18,19)20)4-2-10(12)6-11(9)7-13/h1-4,7-9,11H,5-6H2,(H,15,16,17)(H,18,19,20). The van der Waals surface area contributed by atoms with Gasteiger partial charge in [0, 0.05) is 0 Å². The fourth-order valence-corrected chi connectivity index (χ4v) is 4.14. The molecule has 3 rings (SSSR count). The molecule has 1 aromatic rings. The first-order valence-corrected chi connectivity index (χ1v) is 9.49. The molecule has 0 bridgehead atoms. The van der Waals surface area contributed by atoms with E-state index in [4.69, 9.17) is 9.11 Å². The van der Waals surface area contributed by atoms with Crippen molar-refractivity contribution in [2.45, 2.75) is 17.7 Å². The summed E-state index contributed by atoms with van der Waals surface area (Å²) in [4.78, 5) is -0.245. The van der Waals surface area contributed by atoms with E-state index in [1.807, 2.05) is 0 Å². The molecular weight excluding hydrogens is 328 g/mol. The molecule has 118 valence electrons. The van der Waals surface area contributed by atoms with Crippen molar-refractivity contribution in [1.82, 2.24) is 0 Å². The second-order valence-corrected chi connectivity index (χ2v) is 8.39. The Labute approximate surface area is 128 Å². The number of rotatable bonds is 2. The van der Waals surface area contributed by atoms with Crippen LogP contribution in [0, 0.1) is 11.8 Å². The fourth-order valence-electron chi connectivity index (χ4n) is 3.01. The van der Waals surface area contributed by atoms with Crippen LogP contribution in [0.5, 0.6) is 0 Å². The van der Waals surface area contributed by atoms with Crippen molar-refractivity contribution >= 4 is 20.2 Å². The van der Waals surface area contributed by atoms with Gasteiger partial charge >= 0.3 is 0 Å². The van der Waals surface area contributed by atoms with E-state index in [9.17, 15) is 16.8 Å². The summed E-state index contributed by atoms with van der Waals surface area (Å²) in [5.74, 6) is -0.0272. The molecule has 0 amide bonds. The molecule has 0 aromatic heterocycles. The molecule has 0 saturated carbocycles. The lowest BCUT2D eigenvalue weighted by molar-refractivity contribution is 0.432. The average molecular weight is 342 g/mol. The Hall–Kier alpha value is -1.48. The van der Waals surface area contributed by atoms with Crippen molar-refractivity contribution in [3.05, 3.63) is 52.5 Å². The van der Waals surface area contributed by atoms with Gasteiger partial charge < -0.3 is 0 Å². The van der Waals surface area contributed by atoms with Crippen LogP contribution < -0.4 is 0 Å². The Morgan fingerprint density at radius 1 is 0.909 bits per heavy atom. The van der Waals surface area contributed by atoms with Gasteiger partial charge in [0.15, 0.2) is 0 Å². The third-order valence-corrected chi connectivity index (χ3v) is 5.84. The van der Waals surface area contributed by atoms with E-state index in [1.54, 1.807) is 18.2 Å². The van der Waals surface area contributed by atoms with Gasteiger partial charge in [-0.2, -0.15) is 16.8 Å². The van der Waals surface area contributed by atoms with Crippen LogP contribution >= 0.6 is 0 Å². The van der Waals surface area contributed by atoms with Gasteiger partial charge in [0.05, 0.1) is 9.80 Å². The van der Waals surface area contributed by atoms with Crippen LogP contribution in [0.3, 0.4) is 0 Å². The predicted molar refractivity (Wildman–Crippen MR) is 79.4 cm³/mol. The third kappa shape index (κ3) is 2.87. The van der Waals surface area contributed by atoms with E-state index < -0.39 is 20.2 Å². The van der Waals surface area contributed by atoms with Crippen molar-refractivity contribution in [2.75, 3.05) is 0 Å². The van der Waals surface area contributed by atoms with E-state index in [2.05, 4.69) is 0 Å². The highest BCUT2D eigenvalue weighted by molar-refractivity contribution is 7.90. The Kier molecular flexibility index (Phi) is 3.52. The van der Waals surface area contributed by atoms with E-state index in [1.165, 1.54) is 18.2 Å². The van der Waals surface area contributed by atoms with E-state index in [0.717, 1.165) is 11.1 Å². The first-order valence-electron chi connectivity index (χ1n) is 6.61. The van der Waals surface area contributed by atoms with Gasteiger partial charge in [0.2, 0.25) is 0 Å². The molecule has 0 fully saturated rings. The van der Waals surface area contributed by atoms with Gasteiger partial charge in [-0.25, -0.2) is 0 Å². The number of fused-ring (bicyclic) bond motifs is 2. The first-order chi connectivity index (χ1) is 10.1. The highest BCUT2D eigenvalue weighted by atomic mass is 32.2. The summed E-state index contributed by atoms with van der Waals surface area (Å²) in [5, 5.41) is 0. The molecule has 6 nitrogen and oxygen atoms in total. The molecule has 22 heavy (non-hydrogen) atoms. The van der Waals surface area contributed by atoms with Gasteiger partial charge in [-0.05, 0) is 54.0 Å². The molecule has 0 saturated heterocycles. The molecule has 2 unspecified atom stereocenters. The lowest BCUT2D eigenvalue weighted by Gasteiger charge is -2.32. The molecule has 2 aliphatic rings. The zero-order valence-corrected chi connectivity index (χ0v) is 13.0. The van der Waals surface area contributed by atoms with Crippen LogP contribution in [-0.2, 0) is 33.1 Å². The fraction of sp³-hybridized carbons (Fsp3) is 0.286. The maximum atomic E-state index is 11.2. The molecule has 2 N–H and O–H groups in total. The van der Waals surface area contributed by atoms with Crippen LogP contribution in [0.25, 0.3) is 0 Å². The Bertz CT molecular complexity index is 893. The SMILES string of the molecule is O=S(=O)(O)C1=CC2Cc3ccc(S(=O)(=O)O)cc3CC2C=C1. The van der Waals surface area contributed by atoms with Gasteiger partial charge in [0.25, 0.3) is 20.2 Å². The molecule has 0 spiro atoms. The quantitative estimate of drug-likeness (QED) is 0.790.